The van der Waals surface area contributed by atoms with Crippen LogP contribution in [0.2, 0.25) is 0 Å². The topological polar surface area (TPSA) is 63.6 Å². The van der Waals surface area contributed by atoms with Crippen LogP contribution in [0.4, 0.5) is 29.2 Å². The van der Waals surface area contributed by atoms with Gasteiger partial charge in [-0.2, -0.15) is 18.2 Å². The second kappa shape index (κ2) is 6.19. The van der Waals surface area contributed by atoms with E-state index in [2.05, 4.69) is 25.3 Å². The highest BCUT2D eigenvalue weighted by atomic mass is 19.4. The average Bonchev–Trinajstić information content (AvgIpc) is 2.55. The molecule has 1 aromatic carbocycles. The summed E-state index contributed by atoms with van der Waals surface area (Å²) in [6.45, 7) is 0. The van der Waals surface area contributed by atoms with Crippen LogP contribution in [0.25, 0.3) is 11.4 Å². The molecule has 0 saturated carbocycles. The van der Waals surface area contributed by atoms with Gasteiger partial charge in [-0.15, -0.1) is 0 Å². The van der Waals surface area contributed by atoms with Gasteiger partial charge in [-0.3, -0.25) is 4.98 Å². The molecule has 3 aromatic rings. The minimum Gasteiger partial charge on any atom is -0.323 e. The summed E-state index contributed by atoms with van der Waals surface area (Å²) in [5, 5.41) is 2.60. The maximum Gasteiger partial charge on any atom is 0.417 e. The number of halogens is 4. The molecule has 0 aliphatic rings. The van der Waals surface area contributed by atoms with Crippen LogP contribution in [0.15, 0.2) is 49.1 Å². The van der Waals surface area contributed by atoms with Crippen molar-refractivity contribution in [2.45, 2.75) is 6.18 Å². The summed E-state index contributed by atoms with van der Waals surface area (Å²) in [6.07, 6.45) is -1.47. The van der Waals surface area contributed by atoms with Gasteiger partial charge in [-0.25, -0.2) is 14.4 Å². The highest BCUT2D eigenvalue weighted by molar-refractivity contribution is 5.59. The Morgan fingerprint density at radius 3 is 2.54 bits per heavy atom. The van der Waals surface area contributed by atoms with Crippen molar-refractivity contribution in [1.29, 1.82) is 0 Å². The number of pyridine rings is 1. The Kier molecular flexibility index (Phi) is 4.07. The van der Waals surface area contributed by atoms with Crippen LogP contribution >= 0.6 is 0 Å². The second-order valence-electron chi connectivity index (χ2n) is 4.70. The lowest BCUT2D eigenvalue weighted by Gasteiger charge is -2.09. The molecule has 0 aliphatic heterocycles. The molecule has 0 amide bonds. The molecule has 0 fully saturated rings. The second-order valence-corrected chi connectivity index (χ2v) is 4.70. The van der Waals surface area contributed by atoms with Gasteiger partial charge in [0.05, 0.1) is 23.0 Å². The molecule has 9 heteroatoms. The standard InChI is InChI=1S/C15H9F4N5/c16-12-4-2-1-3-11(12)13-21-8-22-14(24-13)23-10-5-9(6-20-7-10)15(17,18)19/h1-8H,(H,21,22,23,24). The molecule has 2 heterocycles. The molecule has 122 valence electrons. The average molecular weight is 335 g/mol. The predicted molar refractivity (Wildman–Crippen MR) is 77.7 cm³/mol. The first-order valence-electron chi connectivity index (χ1n) is 6.67. The van der Waals surface area contributed by atoms with Gasteiger partial charge in [-0.1, -0.05) is 12.1 Å². The molecule has 3 rings (SSSR count). The van der Waals surface area contributed by atoms with Crippen molar-refractivity contribution in [2.24, 2.45) is 0 Å². The van der Waals surface area contributed by atoms with Crippen LogP contribution in [0.5, 0.6) is 0 Å². The summed E-state index contributed by atoms with van der Waals surface area (Å²) in [5.41, 5.74) is -0.698. The van der Waals surface area contributed by atoms with Crippen LogP contribution in [0.1, 0.15) is 5.56 Å². The van der Waals surface area contributed by atoms with Crippen molar-refractivity contribution < 1.29 is 17.6 Å². The van der Waals surface area contributed by atoms with E-state index in [1.165, 1.54) is 24.4 Å². The molecule has 1 N–H and O–H groups in total. The third-order valence-electron chi connectivity index (χ3n) is 3.01. The molecule has 0 aliphatic carbocycles. The van der Waals surface area contributed by atoms with Crippen molar-refractivity contribution in [3.8, 4) is 11.4 Å². The monoisotopic (exact) mass is 335 g/mol. The third-order valence-corrected chi connectivity index (χ3v) is 3.01. The molecule has 0 radical (unpaired) electrons. The molecular weight excluding hydrogens is 326 g/mol. The zero-order chi connectivity index (χ0) is 17.2. The van der Waals surface area contributed by atoms with E-state index >= 15 is 0 Å². The van der Waals surface area contributed by atoms with Crippen molar-refractivity contribution >= 4 is 11.6 Å². The fraction of sp³-hybridized carbons (Fsp3) is 0.0667. The molecule has 0 atom stereocenters. The largest absolute Gasteiger partial charge is 0.417 e. The predicted octanol–water partition coefficient (Wildman–Crippen LogP) is 3.84. The van der Waals surface area contributed by atoms with Crippen molar-refractivity contribution in [2.75, 3.05) is 5.32 Å². The van der Waals surface area contributed by atoms with Crippen LogP contribution in [0.3, 0.4) is 0 Å². The summed E-state index contributed by atoms with van der Waals surface area (Å²) in [5.74, 6) is -0.481. The van der Waals surface area contributed by atoms with E-state index in [0.717, 1.165) is 12.4 Å². The number of nitrogens with zero attached hydrogens (tertiary/aromatic N) is 4. The summed E-state index contributed by atoms with van der Waals surface area (Å²) < 4.78 is 51.8. The number of hydrogen-bond donors (Lipinski definition) is 1. The normalized spacial score (nSPS) is 11.3. The Morgan fingerprint density at radius 1 is 1.00 bits per heavy atom. The minimum absolute atomic E-state index is 0.0237. The Morgan fingerprint density at radius 2 is 1.79 bits per heavy atom. The lowest BCUT2D eigenvalue weighted by molar-refractivity contribution is -0.137. The molecule has 2 aromatic heterocycles. The molecule has 5 nitrogen and oxygen atoms in total. The number of hydrogen-bond acceptors (Lipinski definition) is 5. The number of aromatic nitrogens is 4. The highest BCUT2D eigenvalue weighted by Crippen LogP contribution is 2.30. The Bertz CT molecular complexity index is 866. The van der Waals surface area contributed by atoms with Crippen LogP contribution in [-0.2, 0) is 6.18 Å². The van der Waals surface area contributed by atoms with Gasteiger partial charge in [0.2, 0.25) is 5.95 Å². The number of alkyl halides is 3. The number of nitrogens with one attached hydrogen (secondary N) is 1. The van der Waals surface area contributed by atoms with E-state index in [4.69, 9.17) is 0 Å². The molecule has 0 unspecified atom stereocenters. The van der Waals surface area contributed by atoms with Gasteiger partial charge < -0.3 is 5.32 Å². The first-order valence-corrected chi connectivity index (χ1v) is 6.67. The maximum atomic E-state index is 13.8. The first-order chi connectivity index (χ1) is 11.4. The van der Waals surface area contributed by atoms with Gasteiger partial charge in [0.15, 0.2) is 5.82 Å². The quantitative estimate of drug-likeness (QED) is 0.737. The van der Waals surface area contributed by atoms with E-state index in [-0.39, 0.29) is 23.0 Å². The number of rotatable bonds is 3. The lowest BCUT2D eigenvalue weighted by Crippen LogP contribution is -2.07. The van der Waals surface area contributed by atoms with Gasteiger partial charge >= 0.3 is 6.18 Å². The Balaban J connectivity index is 1.90. The smallest absolute Gasteiger partial charge is 0.323 e. The minimum atomic E-state index is -4.51. The van der Waals surface area contributed by atoms with E-state index < -0.39 is 17.6 Å². The van der Waals surface area contributed by atoms with Gasteiger partial charge in [0.1, 0.15) is 12.1 Å². The van der Waals surface area contributed by atoms with E-state index in [1.54, 1.807) is 6.07 Å². The van der Waals surface area contributed by atoms with Crippen LogP contribution in [0, 0.1) is 5.82 Å². The summed E-state index contributed by atoms with van der Waals surface area (Å²) in [6, 6.07) is 6.75. The van der Waals surface area contributed by atoms with E-state index in [0.29, 0.717) is 6.20 Å². The van der Waals surface area contributed by atoms with Crippen molar-refractivity contribution in [3.63, 3.8) is 0 Å². The summed E-state index contributed by atoms with van der Waals surface area (Å²) >= 11 is 0. The maximum absolute atomic E-state index is 13.8. The third kappa shape index (κ3) is 3.45. The van der Waals surface area contributed by atoms with Crippen LogP contribution < -0.4 is 5.32 Å². The Labute approximate surface area is 133 Å². The zero-order valence-electron chi connectivity index (χ0n) is 11.9. The van der Waals surface area contributed by atoms with Crippen molar-refractivity contribution in [3.05, 3.63) is 60.4 Å². The van der Waals surface area contributed by atoms with Gasteiger partial charge in [0, 0.05) is 6.20 Å². The van der Waals surface area contributed by atoms with Gasteiger partial charge in [0.25, 0.3) is 0 Å². The first kappa shape index (κ1) is 15.8. The molecule has 0 spiro atoms. The lowest BCUT2D eigenvalue weighted by atomic mass is 10.2. The summed E-state index contributed by atoms with van der Waals surface area (Å²) in [7, 11) is 0. The fourth-order valence-electron chi connectivity index (χ4n) is 1.92. The highest BCUT2D eigenvalue weighted by Gasteiger charge is 2.31. The number of benzene rings is 1. The summed E-state index contributed by atoms with van der Waals surface area (Å²) in [4.78, 5) is 15.2. The molecular formula is C15H9F4N5. The zero-order valence-corrected chi connectivity index (χ0v) is 11.9. The molecule has 24 heavy (non-hydrogen) atoms. The SMILES string of the molecule is Fc1ccccc1-c1ncnc(Nc2cncc(C(F)(F)F)c2)n1. The van der Waals surface area contributed by atoms with Gasteiger partial charge in [-0.05, 0) is 18.2 Å². The van der Waals surface area contributed by atoms with Crippen LogP contribution in [-0.4, -0.2) is 19.9 Å². The fourth-order valence-corrected chi connectivity index (χ4v) is 1.92. The Hall–Kier alpha value is -3.10. The molecule has 0 bridgehead atoms. The van der Waals surface area contributed by atoms with E-state index in [9.17, 15) is 17.6 Å². The number of anilines is 2. The van der Waals surface area contributed by atoms with E-state index in [1.807, 2.05) is 0 Å². The molecule has 0 saturated heterocycles. The van der Waals surface area contributed by atoms with Crippen molar-refractivity contribution in [1.82, 2.24) is 19.9 Å².